The summed E-state index contributed by atoms with van der Waals surface area (Å²) in [7, 11) is 1.88. The van der Waals surface area contributed by atoms with Crippen LogP contribution in [0.4, 0.5) is 5.82 Å². The number of morpholine rings is 1. The van der Waals surface area contributed by atoms with Gasteiger partial charge in [0.2, 0.25) is 0 Å². The van der Waals surface area contributed by atoms with Crippen LogP contribution in [-0.2, 0) is 11.3 Å². The molecule has 2 N–H and O–H groups in total. The van der Waals surface area contributed by atoms with E-state index in [0.717, 1.165) is 37.0 Å². The number of benzene rings is 1. The second-order valence-electron chi connectivity index (χ2n) is 6.46. The Balaban J connectivity index is 1.61. The predicted octanol–water partition coefficient (Wildman–Crippen LogP) is 2.88. The highest BCUT2D eigenvalue weighted by atomic mass is 16.5. The van der Waals surface area contributed by atoms with Gasteiger partial charge >= 0.3 is 0 Å². The lowest BCUT2D eigenvalue weighted by molar-refractivity contribution is -0.0159. The first-order valence-electron chi connectivity index (χ1n) is 8.64. The van der Waals surface area contributed by atoms with E-state index in [-0.39, 0.29) is 6.04 Å². The standard InChI is InChI=1S/C19H23N5O/c1-13-9-18(20-2)23-19(22-13)17-12-25-8-7-24(17)11-14-3-4-15-5-6-21-16(15)10-14/h3-6,9-10,17,21H,7-8,11-12H2,1-2H3,(H,20,22,23)/t17-/m0/s1. The normalized spacial score (nSPS) is 18.6. The summed E-state index contributed by atoms with van der Waals surface area (Å²) in [5.41, 5.74) is 3.42. The molecule has 1 aliphatic rings. The first-order chi connectivity index (χ1) is 12.2. The van der Waals surface area contributed by atoms with Crippen LogP contribution in [0, 0.1) is 6.92 Å². The van der Waals surface area contributed by atoms with Crippen LogP contribution < -0.4 is 5.32 Å². The Morgan fingerprint density at radius 1 is 1.28 bits per heavy atom. The molecule has 6 nitrogen and oxygen atoms in total. The average molecular weight is 337 g/mol. The number of H-pyrrole nitrogens is 1. The Hall–Kier alpha value is -2.44. The lowest BCUT2D eigenvalue weighted by atomic mass is 10.1. The number of ether oxygens (including phenoxy) is 1. The van der Waals surface area contributed by atoms with Gasteiger partial charge in [-0.05, 0) is 30.0 Å². The Bertz CT molecular complexity index is 875. The fraction of sp³-hybridized carbons (Fsp3) is 0.368. The van der Waals surface area contributed by atoms with Crippen LogP contribution in [-0.4, -0.2) is 46.7 Å². The fourth-order valence-electron chi connectivity index (χ4n) is 3.36. The zero-order valence-corrected chi connectivity index (χ0v) is 14.6. The van der Waals surface area contributed by atoms with E-state index in [1.54, 1.807) is 0 Å². The summed E-state index contributed by atoms with van der Waals surface area (Å²) in [4.78, 5) is 15.0. The van der Waals surface area contributed by atoms with E-state index in [2.05, 4.69) is 49.4 Å². The average Bonchev–Trinajstić information content (AvgIpc) is 3.09. The van der Waals surface area contributed by atoms with Crippen LogP contribution in [0.2, 0.25) is 0 Å². The largest absolute Gasteiger partial charge is 0.378 e. The second-order valence-corrected chi connectivity index (χ2v) is 6.46. The van der Waals surface area contributed by atoms with Crippen molar-refractivity contribution in [1.29, 1.82) is 0 Å². The lowest BCUT2D eigenvalue weighted by Crippen LogP contribution is -2.40. The van der Waals surface area contributed by atoms with Gasteiger partial charge in [-0.15, -0.1) is 0 Å². The molecule has 1 atom stereocenters. The highest BCUT2D eigenvalue weighted by molar-refractivity contribution is 5.79. The van der Waals surface area contributed by atoms with Crippen molar-refractivity contribution in [3.63, 3.8) is 0 Å². The van der Waals surface area contributed by atoms with Crippen molar-refractivity contribution in [2.24, 2.45) is 0 Å². The number of aromatic amines is 1. The second kappa shape index (κ2) is 6.82. The van der Waals surface area contributed by atoms with E-state index >= 15 is 0 Å². The molecule has 0 bridgehead atoms. The van der Waals surface area contributed by atoms with Crippen LogP contribution in [0.3, 0.4) is 0 Å². The van der Waals surface area contributed by atoms with Gasteiger partial charge in [0.1, 0.15) is 11.6 Å². The molecule has 3 aromatic rings. The number of nitrogens with zero attached hydrogens (tertiary/aromatic N) is 3. The molecule has 0 amide bonds. The van der Waals surface area contributed by atoms with Crippen LogP contribution >= 0.6 is 0 Å². The van der Waals surface area contributed by atoms with E-state index in [9.17, 15) is 0 Å². The molecule has 4 rings (SSSR count). The highest BCUT2D eigenvalue weighted by Gasteiger charge is 2.27. The van der Waals surface area contributed by atoms with Gasteiger partial charge in [0.05, 0.1) is 19.3 Å². The first kappa shape index (κ1) is 16.1. The maximum atomic E-state index is 5.73. The maximum absolute atomic E-state index is 5.73. The molecule has 0 unspecified atom stereocenters. The van der Waals surface area contributed by atoms with Crippen molar-refractivity contribution in [3.05, 3.63) is 53.6 Å². The molecule has 0 radical (unpaired) electrons. The molecule has 0 saturated carbocycles. The molecule has 0 aliphatic carbocycles. The van der Waals surface area contributed by atoms with Gasteiger partial charge in [-0.3, -0.25) is 4.90 Å². The predicted molar refractivity (Wildman–Crippen MR) is 98.6 cm³/mol. The molecule has 1 fully saturated rings. The number of hydrogen-bond acceptors (Lipinski definition) is 5. The molecule has 3 heterocycles. The molecule has 2 aromatic heterocycles. The van der Waals surface area contributed by atoms with Crippen molar-refractivity contribution in [3.8, 4) is 0 Å². The summed E-state index contributed by atoms with van der Waals surface area (Å²) in [5, 5.41) is 4.35. The Morgan fingerprint density at radius 3 is 3.08 bits per heavy atom. The number of aryl methyl sites for hydroxylation is 1. The monoisotopic (exact) mass is 337 g/mol. The van der Waals surface area contributed by atoms with E-state index in [0.29, 0.717) is 6.61 Å². The summed E-state index contributed by atoms with van der Waals surface area (Å²) in [6, 6.07) is 10.7. The Morgan fingerprint density at radius 2 is 2.20 bits per heavy atom. The number of anilines is 1. The first-order valence-corrected chi connectivity index (χ1v) is 8.64. The van der Waals surface area contributed by atoms with Gasteiger partial charge in [-0.1, -0.05) is 12.1 Å². The zero-order valence-electron chi connectivity index (χ0n) is 14.6. The smallest absolute Gasteiger partial charge is 0.150 e. The van der Waals surface area contributed by atoms with Crippen molar-refractivity contribution in [2.75, 3.05) is 32.1 Å². The number of hydrogen-bond donors (Lipinski definition) is 2. The van der Waals surface area contributed by atoms with Crippen LogP contribution in [0.15, 0.2) is 36.5 Å². The van der Waals surface area contributed by atoms with E-state index in [4.69, 9.17) is 4.74 Å². The highest BCUT2D eigenvalue weighted by Crippen LogP contribution is 2.25. The molecule has 6 heteroatoms. The minimum atomic E-state index is 0.0695. The maximum Gasteiger partial charge on any atom is 0.150 e. The summed E-state index contributed by atoms with van der Waals surface area (Å²) < 4.78 is 5.73. The van der Waals surface area contributed by atoms with Gasteiger partial charge in [0.25, 0.3) is 0 Å². The third-order valence-corrected chi connectivity index (χ3v) is 4.67. The molecular weight excluding hydrogens is 314 g/mol. The number of fused-ring (bicyclic) bond motifs is 1. The third kappa shape index (κ3) is 3.36. The Kier molecular flexibility index (Phi) is 4.38. The quantitative estimate of drug-likeness (QED) is 0.766. The Labute approximate surface area is 147 Å². The molecular formula is C19H23N5O. The van der Waals surface area contributed by atoms with Crippen molar-refractivity contribution in [2.45, 2.75) is 19.5 Å². The van der Waals surface area contributed by atoms with Gasteiger partial charge in [0, 0.05) is 43.6 Å². The van der Waals surface area contributed by atoms with Crippen molar-refractivity contribution in [1.82, 2.24) is 19.9 Å². The fourth-order valence-corrected chi connectivity index (χ4v) is 3.36. The minimum Gasteiger partial charge on any atom is -0.378 e. The van der Waals surface area contributed by atoms with E-state index in [1.165, 1.54) is 16.5 Å². The molecule has 1 aliphatic heterocycles. The molecule has 130 valence electrons. The SMILES string of the molecule is CNc1cc(C)nc([C@@H]2COCCN2Cc2ccc3cc[nH]c3c2)n1. The van der Waals surface area contributed by atoms with Gasteiger partial charge in [0.15, 0.2) is 0 Å². The molecule has 25 heavy (non-hydrogen) atoms. The minimum absolute atomic E-state index is 0.0695. The lowest BCUT2D eigenvalue weighted by Gasteiger charge is -2.34. The van der Waals surface area contributed by atoms with Crippen LogP contribution in [0.25, 0.3) is 10.9 Å². The van der Waals surface area contributed by atoms with E-state index in [1.807, 2.05) is 26.2 Å². The third-order valence-electron chi connectivity index (χ3n) is 4.67. The van der Waals surface area contributed by atoms with Gasteiger partial charge < -0.3 is 15.0 Å². The summed E-state index contributed by atoms with van der Waals surface area (Å²) in [5.74, 6) is 1.67. The number of rotatable bonds is 4. The zero-order chi connectivity index (χ0) is 17.2. The molecule has 0 spiro atoms. The molecule has 1 saturated heterocycles. The van der Waals surface area contributed by atoms with Crippen LogP contribution in [0.5, 0.6) is 0 Å². The topological polar surface area (TPSA) is 66.1 Å². The summed E-state index contributed by atoms with van der Waals surface area (Å²) >= 11 is 0. The number of aromatic nitrogens is 3. The van der Waals surface area contributed by atoms with Crippen molar-refractivity contribution >= 4 is 16.7 Å². The summed E-state index contributed by atoms with van der Waals surface area (Å²) in [6.45, 7) is 5.09. The van der Waals surface area contributed by atoms with Crippen LogP contribution in [0.1, 0.15) is 23.1 Å². The van der Waals surface area contributed by atoms with E-state index < -0.39 is 0 Å². The number of nitrogens with one attached hydrogen (secondary N) is 2. The van der Waals surface area contributed by atoms with Crippen molar-refractivity contribution < 1.29 is 4.74 Å². The van der Waals surface area contributed by atoms with Gasteiger partial charge in [-0.25, -0.2) is 9.97 Å². The summed E-state index contributed by atoms with van der Waals surface area (Å²) in [6.07, 6.45) is 1.98. The molecule has 1 aromatic carbocycles. The van der Waals surface area contributed by atoms with Gasteiger partial charge in [-0.2, -0.15) is 0 Å².